The molecule has 2 rings (SSSR count). The van der Waals surface area contributed by atoms with Gasteiger partial charge >= 0.3 is 0 Å². The van der Waals surface area contributed by atoms with E-state index in [-0.39, 0.29) is 5.78 Å². The standard InChI is InChI=1S/C16H17NO4/c1-10-7-8-17-9-12(10)14(18)11-5-6-13(19-2)16(21-4)15(11)20-3/h5-9H,1-4H3. The van der Waals surface area contributed by atoms with Crippen LogP contribution in [0.5, 0.6) is 17.2 Å². The SMILES string of the molecule is COc1ccc(C(=O)c2cnccc2C)c(OC)c1OC. The van der Waals surface area contributed by atoms with Gasteiger partial charge in [0.15, 0.2) is 17.3 Å². The molecule has 0 spiro atoms. The van der Waals surface area contributed by atoms with E-state index in [2.05, 4.69) is 4.98 Å². The smallest absolute Gasteiger partial charge is 0.204 e. The Hall–Kier alpha value is -2.56. The molecule has 1 aromatic heterocycles. The molecule has 0 N–H and O–H groups in total. The van der Waals surface area contributed by atoms with Crippen LogP contribution in [0.3, 0.4) is 0 Å². The average Bonchev–Trinajstić information content (AvgIpc) is 2.52. The van der Waals surface area contributed by atoms with Gasteiger partial charge in [-0.3, -0.25) is 9.78 Å². The van der Waals surface area contributed by atoms with Crippen LogP contribution in [-0.2, 0) is 0 Å². The molecule has 0 fully saturated rings. The minimum absolute atomic E-state index is 0.168. The Bertz CT molecular complexity index is 667. The van der Waals surface area contributed by atoms with Gasteiger partial charge in [0.2, 0.25) is 5.75 Å². The minimum Gasteiger partial charge on any atom is -0.493 e. The van der Waals surface area contributed by atoms with Crippen LogP contribution in [0.1, 0.15) is 21.5 Å². The first-order chi connectivity index (χ1) is 10.1. The van der Waals surface area contributed by atoms with E-state index in [9.17, 15) is 4.79 Å². The first-order valence-corrected chi connectivity index (χ1v) is 6.38. The van der Waals surface area contributed by atoms with Crippen molar-refractivity contribution >= 4 is 5.78 Å². The predicted molar refractivity (Wildman–Crippen MR) is 78.5 cm³/mol. The number of rotatable bonds is 5. The van der Waals surface area contributed by atoms with E-state index < -0.39 is 0 Å². The molecule has 0 bridgehead atoms. The van der Waals surface area contributed by atoms with Crippen LogP contribution in [0, 0.1) is 6.92 Å². The van der Waals surface area contributed by atoms with Gasteiger partial charge in [-0.2, -0.15) is 0 Å². The molecule has 0 saturated heterocycles. The van der Waals surface area contributed by atoms with Crippen LogP contribution in [0.4, 0.5) is 0 Å². The van der Waals surface area contributed by atoms with Crippen LogP contribution >= 0.6 is 0 Å². The van der Waals surface area contributed by atoms with Gasteiger partial charge < -0.3 is 14.2 Å². The lowest BCUT2D eigenvalue weighted by Crippen LogP contribution is -2.08. The van der Waals surface area contributed by atoms with Gasteiger partial charge in [-0.15, -0.1) is 0 Å². The third-order valence-electron chi connectivity index (χ3n) is 3.23. The summed E-state index contributed by atoms with van der Waals surface area (Å²) >= 11 is 0. The van der Waals surface area contributed by atoms with Gasteiger partial charge in [0.1, 0.15) is 0 Å². The molecule has 0 aliphatic heterocycles. The fraction of sp³-hybridized carbons (Fsp3) is 0.250. The number of nitrogens with zero attached hydrogens (tertiary/aromatic N) is 1. The number of hydrogen-bond acceptors (Lipinski definition) is 5. The Morgan fingerprint density at radius 1 is 0.952 bits per heavy atom. The Morgan fingerprint density at radius 3 is 2.24 bits per heavy atom. The first-order valence-electron chi connectivity index (χ1n) is 6.38. The third kappa shape index (κ3) is 2.67. The number of methoxy groups -OCH3 is 3. The Morgan fingerprint density at radius 2 is 1.67 bits per heavy atom. The predicted octanol–water partition coefficient (Wildman–Crippen LogP) is 2.65. The van der Waals surface area contributed by atoms with E-state index in [1.165, 1.54) is 21.3 Å². The van der Waals surface area contributed by atoms with Gasteiger partial charge in [-0.1, -0.05) is 0 Å². The normalized spacial score (nSPS) is 10.1. The molecule has 0 aliphatic carbocycles. The highest BCUT2D eigenvalue weighted by Crippen LogP contribution is 2.40. The topological polar surface area (TPSA) is 57.7 Å². The summed E-state index contributed by atoms with van der Waals surface area (Å²) in [6, 6.07) is 5.13. The molecule has 5 nitrogen and oxygen atoms in total. The fourth-order valence-electron chi connectivity index (χ4n) is 2.13. The highest BCUT2D eigenvalue weighted by molar-refractivity contribution is 6.12. The summed E-state index contributed by atoms with van der Waals surface area (Å²) in [7, 11) is 4.53. The monoisotopic (exact) mass is 287 g/mol. The zero-order valence-corrected chi connectivity index (χ0v) is 12.5. The number of ketones is 1. The zero-order chi connectivity index (χ0) is 15.4. The number of aromatic nitrogens is 1. The maximum Gasteiger partial charge on any atom is 0.204 e. The number of hydrogen-bond donors (Lipinski definition) is 0. The molecular weight excluding hydrogens is 270 g/mol. The van der Waals surface area contributed by atoms with Crippen LogP contribution in [-0.4, -0.2) is 32.1 Å². The van der Waals surface area contributed by atoms with E-state index in [1.54, 1.807) is 30.6 Å². The van der Waals surface area contributed by atoms with E-state index in [1.807, 2.05) is 6.92 Å². The number of ether oxygens (including phenoxy) is 3. The second-order valence-electron chi connectivity index (χ2n) is 4.40. The van der Waals surface area contributed by atoms with Crippen LogP contribution in [0.2, 0.25) is 0 Å². The largest absolute Gasteiger partial charge is 0.493 e. The first kappa shape index (κ1) is 14.8. The number of carbonyl (C=O) groups excluding carboxylic acids is 1. The molecule has 2 aromatic rings. The molecule has 0 saturated carbocycles. The Labute approximate surface area is 123 Å². The van der Waals surface area contributed by atoms with Crippen molar-refractivity contribution in [3.8, 4) is 17.2 Å². The molecule has 0 atom stereocenters. The van der Waals surface area contributed by atoms with Crippen LogP contribution in [0.25, 0.3) is 0 Å². The zero-order valence-electron chi connectivity index (χ0n) is 12.5. The van der Waals surface area contributed by atoms with Crippen molar-refractivity contribution in [3.63, 3.8) is 0 Å². The van der Waals surface area contributed by atoms with Crippen molar-refractivity contribution in [1.29, 1.82) is 0 Å². The van der Waals surface area contributed by atoms with Gasteiger partial charge in [-0.25, -0.2) is 0 Å². The molecule has 0 amide bonds. The highest BCUT2D eigenvalue weighted by Gasteiger charge is 2.22. The molecule has 1 heterocycles. The number of carbonyl (C=O) groups is 1. The summed E-state index contributed by atoms with van der Waals surface area (Å²) < 4.78 is 15.9. The van der Waals surface area contributed by atoms with Crippen molar-refractivity contribution in [2.45, 2.75) is 6.92 Å². The minimum atomic E-state index is -0.168. The second kappa shape index (κ2) is 6.26. The molecule has 0 radical (unpaired) electrons. The van der Waals surface area contributed by atoms with Gasteiger partial charge in [0.05, 0.1) is 26.9 Å². The van der Waals surface area contributed by atoms with Crippen molar-refractivity contribution in [1.82, 2.24) is 4.98 Å². The molecule has 21 heavy (non-hydrogen) atoms. The summed E-state index contributed by atoms with van der Waals surface area (Å²) in [5, 5.41) is 0. The van der Waals surface area contributed by atoms with Crippen molar-refractivity contribution < 1.29 is 19.0 Å². The van der Waals surface area contributed by atoms with E-state index in [4.69, 9.17) is 14.2 Å². The van der Waals surface area contributed by atoms with Crippen LogP contribution in [0.15, 0.2) is 30.6 Å². The lowest BCUT2D eigenvalue weighted by Gasteiger charge is -2.15. The maximum atomic E-state index is 12.7. The summed E-state index contributed by atoms with van der Waals surface area (Å²) in [5.41, 5.74) is 1.79. The van der Waals surface area contributed by atoms with Crippen molar-refractivity contribution in [3.05, 3.63) is 47.3 Å². The molecule has 5 heteroatoms. The van der Waals surface area contributed by atoms with E-state index in [0.717, 1.165) is 5.56 Å². The molecule has 0 unspecified atom stereocenters. The second-order valence-corrected chi connectivity index (χ2v) is 4.40. The average molecular weight is 287 g/mol. The van der Waals surface area contributed by atoms with Gasteiger partial charge in [-0.05, 0) is 30.7 Å². The summed E-state index contributed by atoms with van der Waals surface area (Å²) in [6.45, 7) is 1.86. The summed E-state index contributed by atoms with van der Waals surface area (Å²) in [6.07, 6.45) is 3.20. The van der Waals surface area contributed by atoms with Gasteiger partial charge in [0.25, 0.3) is 0 Å². The Kier molecular flexibility index (Phi) is 4.42. The fourth-order valence-corrected chi connectivity index (χ4v) is 2.13. The Balaban J connectivity index is 2.59. The van der Waals surface area contributed by atoms with E-state index in [0.29, 0.717) is 28.4 Å². The quantitative estimate of drug-likeness (QED) is 0.791. The van der Waals surface area contributed by atoms with Gasteiger partial charge in [0, 0.05) is 18.0 Å². The number of pyridine rings is 1. The molecular formula is C16H17NO4. The molecule has 1 aromatic carbocycles. The van der Waals surface area contributed by atoms with Crippen molar-refractivity contribution in [2.75, 3.05) is 21.3 Å². The number of benzene rings is 1. The summed E-state index contributed by atoms with van der Waals surface area (Å²) in [4.78, 5) is 16.7. The highest BCUT2D eigenvalue weighted by atomic mass is 16.5. The van der Waals surface area contributed by atoms with Crippen molar-refractivity contribution in [2.24, 2.45) is 0 Å². The molecule has 0 aliphatic rings. The van der Waals surface area contributed by atoms with E-state index >= 15 is 0 Å². The maximum absolute atomic E-state index is 12.7. The summed E-state index contributed by atoms with van der Waals surface area (Å²) in [5.74, 6) is 1.09. The molecule has 110 valence electrons. The number of aryl methyl sites for hydroxylation is 1. The third-order valence-corrected chi connectivity index (χ3v) is 3.23. The lowest BCUT2D eigenvalue weighted by molar-refractivity contribution is 0.103. The lowest BCUT2D eigenvalue weighted by atomic mass is 10.00. The van der Waals surface area contributed by atoms with Crippen LogP contribution < -0.4 is 14.2 Å².